The molecule has 0 atom stereocenters. The van der Waals surface area contributed by atoms with Gasteiger partial charge in [-0.1, -0.05) is 5.16 Å². The molecular formula is C6H9NO2. The number of rotatable bonds is 2. The van der Waals surface area contributed by atoms with E-state index in [2.05, 4.69) is 5.16 Å². The molecule has 0 aliphatic carbocycles. The molecular weight excluding hydrogens is 118 g/mol. The molecule has 3 nitrogen and oxygen atoms in total. The summed E-state index contributed by atoms with van der Waals surface area (Å²) >= 11 is 0. The normalized spacial score (nSPS) is 12.4. The van der Waals surface area contributed by atoms with Crippen molar-refractivity contribution >= 4 is 11.5 Å². The van der Waals surface area contributed by atoms with E-state index >= 15 is 0 Å². The van der Waals surface area contributed by atoms with Crippen LogP contribution in [-0.4, -0.2) is 16.7 Å². The molecule has 0 amide bonds. The Kier molecular flexibility index (Phi) is 3.35. The number of hydrogen-bond donors (Lipinski definition) is 1. The maximum absolute atomic E-state index is 10.2. The minimum absolute atomic E-state index is 0.0574. The lowest BCUT2D eigenvalue weighted by Crippen LogP contribution is -1.86. The van der Waals surface area contributed by atoms with Gasteiger partial charge in [0.2, 0.25) is 0 Å². The average Bonchev–Trinajstić information content (AvgIpc) is 1.83. The Morgan fingerprint density at radius 2 is 2.00 bits per heavy atom. The molecule has 3 heteroatoms. The predicted molar refractivity (Wildman–Crippen MR) is 34.7 cm³/mol. The number of nitrogens with zero attached hydrogens (tertiary/aromatic N) is 1. The van der Waals surface area contributed by atoms with Crippen molar-refractivity contribution < 1.29 is 10.0 Å². The van der Waals surface area contributed by atoms with Crippen LogP contribution in [0.25, 0.3) is 0 Å². The Balaban J connectivity index is 3.86. The van der Waals surface area contributed by atoms with Crippen LogP contribution in [0.4, 0.5) is 0 Å². The van der Waals surface area contributed by atoms with Gasteiger partial charge < -0.3 is 5.21 Å². The highest BCUT2D eigenvalue weighted by atomic mass is 16.4. The zero-order valence-electron chi connectivity index (χ0n) is 5.46. The van der Waals surface area contributed by atoms with Crippen LogP contribution in [0.5, 0.6) is 0 Å². The van der Waals surface area contributed by atoms with Crippen molar-refractivity contribution in [2.75, 3.05) is 0 Å². The van der Waals surface area contributed by atoms with Gasteiger partial charge in [0.25, 0.3) is 0 Å². The van der Waals surface area contributed by atoms with Gasteiger partial charge in [-0.05, 0) is 26.0 Å². The molecule has 0 saturated heterocycles. The first-order valence-corrected chi connectivity index (χ1v) is 2.54. The summed E-state index contributed by atoms with van der Waals surface area (Å²) in [6, 6.07) is 0. The van der Waals surface area contributed by atoms with Crippen LogP contribution in [0.3, 0.4) is 0 Å². The topological polar surface area (TPSA) is 49.7 Å². The molecule has 0 bridgehead atoms. The number of allylic oxidation sites excluding steroid dienone is 2. The van der Waals surface area contributed by atoms with Crippen LogP contribution < -0.4 is 0 Å². The van der Waals surface area contributed by atoms with Crippen molar-refractivity contribution in [3.05, 3.63) is 12.2 Å². The summed E-state index contributed by atoms with van der Waals surface area (Å²) in [7, 11) is 0. The van der Waals surface area contributed by atoms with Gasteiger partial charge in [0.05, 0.1) is 5.71 Å². The average molecular weight is 127 g/mol. The lowest BCUT2D eigenvalue weighted by molar-refractivity contribution is -0.112. The predicted octanol–water partition coefficient (Wildman–Crippen LogP) is 0.982. The summed E-state index contributed by atoms with van der Waals surface area (Å²) in [5.41, 5.74) is 0.421. The lowest BCUT2D eigenvalue weighted by Gasteiger charge is -1.81. The highest BCUT2D eigenvalue weighted by molar-refractivity contribution is 5.99. The second-order valence-electron chi connectivity index (χ2n) is 1.69. The van der Waals surface area contributed by atoms with Crippen LogP contribution >= 0.6 is 0 Å². The molecule has 0 radical (unpaired) electrons. The van der Waals surface area contributed by atoms with E-state index in [0.717, 1.165) is 0 Å². The van der Waals surface area contributed by atoms with Crippen LogP contribution in [0.15, 0.2) is 17.3 Å². The largest absolute Gasteiger partial charge is 0.411 e. The van der Waals surface area contributed by atoms with E-state index in [1.807, 2.05) is 0 Å². The van der Waals surface area contributed by atoms with Crippen LogP contribution in [0, 0.1) is 0 Å². The first-order valence-electron chi connectivity index (χ1n) is 2.54. The van der Waals surface area contributed by atoms with Gasteiger partial charge in [-0.3, -0.25) is 4.79 Å². The summed E-state index contributed by atoms with van der Waals surface area (Å²) in [6.07, 6.45) is 2.79. The summed E-state index contributed by atoms with van der Waals surface area (Å²) in [5, 5.41) is 10.9. The molecule has 50 valence electrons. The van der Waals surface area contributed by atoms with E-state index in [0.29, 0.717) is 5.71 Å². The van der Waals surface area contributed by atoms with Crippen LogP contribution in [0.2, 0.25) is 0 Å². The summed E-state index contributed by atoms with van der Waals surface area (Å²) < 4.78 is 0. The third-order valence-corrected chi connectivity index (χ3v) is 0.717. The molecule has 0 aromatic rings. The zero-order chi connectivity index (χ0) is 7.28. The number of carbonyl (C=O) groups is 1. The number of hydrogen-bond acceptors (Lipinski definition) is 3. The lowest BCUT2D eigenvalue weighted by atomic mass is 10.3. The minimum atomic E-state index is -0.0574. The van der Waals surface area contributed by atoms with Crippen molar-refractivity contribution in [3.8, 4) is 0 Å². The molecule has 0 heterocycles. The smallest absolute Gasteiger partial charge is 0.152 e. The molecule has 9 heavy (non-hydrogen) atoms. The van der Waals surface area contributed by atoms with E-state index in [-0.39, 0.29) is 5.78 Å². The fraction of sp³-hybridized carbons (Fsp3) is 0.333. The molecule has 0 rings (SSSR count). The highest BCUT2D eigenvalue weighted by Gasteiger charge is 1.83. The Hall–Kier alpha value is -1.12. The third-order valence-electron chi connectivity index (χ3n) is 0.717. The van der Waals surface area contributed by atoms with E-state index in [1.165, 1.54) is 19.1 Å². The molecule has 0 saturated carbocycles. The minimum Gasteiger partial charge on any atom is -0.411 e. The van der Waals surface area contributed by atoms with Gasteiger partial charge in [-0.15, -0.1) is 0 Å². The third kappa shape index (κ3) is 4.74. The summed E-state index contributed by atoms with van der Waals surface area (Å²) in [5.74, 6) is -0.0574. The fourth-order valence-corrected chi connectivity index (χ4v) is 0.271. The van der Waals surface area contributed by atoms with Gasteiger partial charge in [-0.2, -0.15) is 0 Å². The maximum atomic E-state index is 10.2. The first kappa shape index (κ1) is 7.88. The second-order valence-corrected chi connectivity index (χ2v) is 1.69. The first-order chi connectivity index (χ1) is 4.16. The maximum Gasteiger partial charge on any atom is 0.152 e. The summed E-state index contributed by atoms with van der Waals surface area (Å²) in [4.78, 5) is 10.2. The van der Waals surface area contributed by atoms with Gasteiger partial charge in [0, 0.05) is 0 Å². The fourth-order valence-electron chi connectivity index (χ4n) is 0.271. The van der Waals surface area contributed by atoms with Gasteiger partial charge in [0.1, 0.15) is 0 Å². The number of ketones is 1. The van der Waals surface area contributed by atoms with E-state index in [9.17, 15) is 4.79 Å². The van der Waals surface area contributed by atoms with Crippen molar-refractivity contribution in [2.45, 2.75) is 13.8 Å². The molecule has 1 N–H and O–H groups in total. The van der Waals surface area contributed by atoms with Crippen molar-refractivity contribution in [1.82, 2.24) is 0 Å². The monoisotopic (exact) mass is 127 g/mol. The van der Waals surface area contributed by atoms with E-state index < -0.39 is 0 Å². The van der Waals surface area contributed by atoms with Crippen LogP contribution in [0.1, 0.15) is 13.8 Å². The highest BCUT2D eigenvalue weighted by Crippen LogP contribution is 1.79. The Morgan fingerprint density at radius 1 is 1.44 bits per heavy atom. The van der Waals surface area contributed by atoms with Crippen molar-refractivity contribution in [3.63, 3.8) is 0 Å². The van der Waals surface area contributed by atoms with E-state index in [1.54, 1.807) is 6.92 Å². The van der Waals surface area contributed by atoms with Gasteiger partial charge >= 0.3 is 0 Å². The number of oxime groups is 1. The second kappa shape index (κ2) is 3.83. The molecule has 0 aliphatic rings. The summed E-state index contributed by atoms with van der Waals surface area (Å²) in [6.45, 7) is 3.03. The molecule has 0 aromatic carbocycles. The van der Waals surface area contributed by atoms with Crippen molar-refractivity contribution in [2.24, 2.45) is 5.16 Å². The number of carbonyl (C=O) groups excluding carboxylic acids is 1. The quantitative estimate of drug-likeness (QED) is 0.260. The van der Waals surface area contributed by atoms with E-state index in [4.69, 9.17) is 5.21 Å². The van der Waals surface area contributed by atoms with Crippen LogP contribution in [-0.2, 0) is 4.79 Å². The Labute approximate surface area is 53.7 Å². The molecule has 0 spiro atoms. The standard InChI is InChI=1S/C6H9NO2/c1-5(7-9)3-4-6(2)8/h3-4,9H,1-2H3/b4-3+,7-5+. The van der Waals surface area contributed by atoms with Gasteiger partial charge in [-0.25, -0.2) is 0 Å². The Bertz CT molecular complexity index is 158. The zero-order valence-corrected chi connectivity index (χ0v) is 5.46. The van der Waals surface area contributed by atoms with Crippen molar-refractivity contribution in [1.29, 1.82) is 0 Å². The molecule has 0 aliphatic heterocycles. The Morgan fingerprint density at radius 3 is 2.33 bits per heavy atom. The molecule has 0 aromatic heterocycles. The SMILES string of the molecule is CC(=O)/C=C/C(C)=N/O. The molecule has 0 fully saturated rings. The molecule has 0 unspecified atom stereocenters. The van der Waals surface area contributed by atoms with Gasteiger partial charge in [0.15, 0.2) is 5.78 Å².